The molecule has 0 saturated heterocycles. The molecule has 0 amide bonds. The monoisotopic (exact) mass is 356 g/mol. The molecule has 5 heteroatoms. The second-order valence-electron chi connectivity index (χ2n) is 7.95. The van der Waals surface area contributed by atoms with Gasteiger partial charge in [0.1, 0.15) is 17.1 Å². The van der Waals surface area contributed by atoms with Crippen molar-refractivity contribution in [1.82, 2.24) is 0 Å². The van der Waals surface area contributed by atoms with Crippen LogP contribution >= 0.6 is 0 Å². The first-order chi connectivity index (χ1) is 12.0. The highest BCUT2D eigenvalue weighted by molar-refractivity contribution is 6.52. The highest BCUT2D eigenvalue weighted by Gasteiger charge is 2.36. The van der Waals surface area contributed by atoms with Gasteiger partial charge in [-0.1, -0.05) is 6.08 Å². The lowest BCUT2D eigenvalue weighted by molar-refractivity contribution is -0.111. The summed E-state index contributed by atoms with van der Waals surface area (Å²) >= 11 is 0. The van der Waals surface area contributed by atoms with Gasteiger partial charge in [0, 0.05) is 22.3 Å². The van der Waals surface area contributed by atoms with E-state index in [0.29, 0.717) is 29.7 Å². The predicted octanol–water partition coefficient (Wildman–Crippen LogP) is 3.85. The summed E-state index contributed by atoms with van der Waals surface area (Å²) in [6.07, 6.45) is 5.81. The number of hydrogen-bond acceptors (Lipinski definition) is 5. The standard InChI is InChI=1S/C21H24O5/c1-12-17(22)14-6-7-15-13(16(14)19(24)18(12)23)8-11-21(4,26-15)10-5-9-20(2,3)25/h6-8,11,22,25H,5,9-10H2,1-4H3/t21-/m1/s1. The number of Topliss-reactive ketones (excluding diaryl/α,β-unsaturated/α-hetero) is 2. The molecular weight excluding hydrogens is 332 g/mol. The largest absolute Gasteiger partial charge is 0.507 e. The van der Waals surface area contributed by atoms with Gasteiger partial charge in [-0.15, -0.1) is 0 Å². The lowest BCUT2D eigenvalue weighted by atomic mass is 9.83. The summed E-state index contributed by atoms with van der Waals surface area (Å²) in [5.74, 6) is -0.939. The van der Waals surface area contributed by atoms with E-state index in [1.54, 1.807) is 32.1 Å². The van der Waals surface area contributed by atoms with E-state index in [4.69, 9.17) is 4.74 Å². The Kier molecular flexibility index (Phi) is 4.31. The van der Waals surface area contributed by atoms with Gasteiger partial charge in [0.15, 0.2) is 0 Å². The van der Waals surface area contributed by atoms with Crippen molar-refractivity contribution in [2.45, 2.75) is 58.2 Å². The number of benzene rings is 1. The number of rotatable bonds is 4. The third-order valence-electron chi connectivity index (χ3n) is 5.00. The van der Waals surface area contributed by atoms with Crippen molar-refractivity contribution in [3.8, 4) is 5.75 Å². The molecule has 5 nitrogen and oxygen atoms in total. The molecule has 26 heavy (non-hydrogen) atoms. The fourth-order valence-corrected chi connectivity index (χ4v) is 3.44. The summed E-state index contributed by atoms with van der Waals surface area (Å²) in [6, 6.07) is 3.34. The van der Waals surface area contributed by atoms with Crippen molar-refractivity contribution in [2.24, 2.45) is 0 Å². The van der Waals surface area contributed by atoms with Crippen LogP contribution in [0.1, 0.15) is 68.4 Å². The van der Waals surface area contributed by atoms with Gasteiger partial charge in [-0.25, -0.2) is 0 Å². The van der Waals surface area contributed by atoms with E-state index in [9.17, 15) is 19.8 Å². The molecule has 1 aromatic carbocycles. The Morgan fingerprint density at radius 1 is 1.19 bits per heavy atom. The van der Waals surface area contributed by atoms with E-state index in [1.807, 2.05) is 13.0 Å². The number of aliphatic hydroxyl groups is 2. The Balaban J connectivity index is 1.93. The van der Waals surface area contributed by atoms with Gasteiger partial charge in [-0.2, -0.15) is 0 Å². The minimum atomic E-state index is -0.722. The van der Waals surface area contributed by atoms with Crippen LogP contribution in [0.3, 0.4) is 0 Å². The molecule has 2 N–H and O–H groups in total. The van der Waals surface area contributed by atoms with Crippen molar-refractivity contribution in [3.05, 3.63) is 40.5 Å². The first kappa shape index (κ1) is 18.4. The van der Waals surface area contributed by atoms with E-state index in [1.165, 1.54) is 6.92 Å². The number of hydrogen-bond donors (Lipinski definition) is 2. The Morgan fingerprint density at radius 3 is 2.54 bits per heavy atom. The number of carbonyl (C=O) groups excluding carboxylic acids is 2. The minimum Gasteiger partial charge on any atom is -0.507 e. The van der Waals surface area contributed by atoms with Gasteiger partial charge in [-0.05, 0) is 65.2 Å². The van der Waals surface area contributed by atoms with E-state index >= 15 is 0 Å². The summed E-state index contributed by atoms with van der Waals surface area (Å²) in [7, 11) is 0. The van der Waals surface area contributed by atoms with Crippen LogP contribution in [-0.2, 0) is 4.79 Å². The van der Waals surface area contributed by atoms with Crippen LogP contribution in [0.15, 0.2) is 23.8 Å². The van der Waals surface area contributed by atoms with Gasteiger partial charge >= 0.3 is 0 Å². The van der Waals surface area contributed by atoms with Gasteiger partial charge in [0.05, 0.1) is 5.60 Å². The highest BCUT2D eigenvalue weighted by Crippen LogP contribution is 2.40. The molecule has 1 aliphatic carbocycles. The molecule has 3 rings (SSSR count). The quantitative estimate of drug-likeness (QED) is 0.801. The molecule has 1 atom stereocenters. The Bertz CT molecular complexity index is 854. The lowest BCUT2D eigenvalue weighted by Crippen LogP contribution is -2.34. The normalized spacial score (nSPS) is 22.2. The second kappa shape index (κ2) is 6.09. The summed E-state index contributed by atoms with van der Waals surface area (Å²) in [6.45, 7) is 6.95. The second-order valence-corrected chi connectivity index (χ2v) is 7.95. The first-order valence-corrected chi connectivity index (χ1v) is 8.79. The molecule has 0 aromatic heterocycles. The van der Waals surface area contributed by atoms with Crippen molar-refractivity contribution < 1.29 is 24.5 Å². The Hall–Kier alpha value is -2.40. The number of ether oxygens (including phenoxy) is 1. The van der Waals surface area contributed by atoms with E-state index in [2.05, 4.69) is 0 Å². The van der Waals surface area contributed by atoms with Crippen LogP contribution in [0.4, 0.5) is 0 Å². The van der Waals surface area contributed by atoms with Gasteiger partial charge in [0.25, 0.3) is 0 Å². The highest BCUT2D eigenvalue weighted by atomic mass is 16.5. The molecule has 2 aliphatic rings. The van der Waals surface area contributed by atoms with Crippen molar-refractivity contribution in [2.75, 3.05) is 0 Å². The summed E-state index contributed by atoms with van der Waals surface area (Å²) in [5, 5.41) is 20.1. The molecule has 1 aromatic rings. The molecule has 0 fully saturated rings. The van der Waals surface area contributed by atoms with Crippen LogP contribution in [0.25, 0.3) is 11.8 Å². The van der Waals surface area contributed by atoms with Crippen LogP contribution in [0.5, 0.6) is 5.75 Å². The summed E-state index contributed by atoms with van der Waals surface area (Å²) in [5.41, 5.74) is -0.114. The molecule has 0 spiro atoms. The zero-order valence-corrected chi connectivity index (χ0v) is 15.5. The summed E-state index contributed by atoms with van der Waals surface area (Å²) in [4.78, 5) is 24.6. The Morgan fingerprint density at radius 2 is 1.88 bits per heavy atom. The number of allylic oxidation sites excluding steroid dienone is 1. The predicted molar refractivity (Wildman–Crippen MR) is 99.2 cm³/mol. The zero-order valence-electron chi connectivity index (χ0n) is 15.5. The van der Waals surface area contributed by atoms with Gasteiger partial charge < -0.3 is 14.9 Å². The third kappa shape index (κ3) is 3.19. The zero-order chi connectivity index (χ0) is 19.3. The van der Waals surface area contributed by atoms with E-state index in [0.717, 1.165) is 6.42 Å². The third-order valence-corrected chi connectivity index (χ3v) is 5.00. The fraction of sp³-hybridized carbons (Fsp3) is 0.429. The molecule has 0 bridgehead atoms. The molecular formula is C21H24O5. The Labute approximate surface area is 153 Å². The SMILES string of the molecule is CC1=C(O)c2ccc3c(c2C(=O)C1=O)C=C[C@@](C)(CCCC(C)(C)O)O3. The van der Waals surface area contributed by atoms with Crippen molar-refractivity contribution in [3.63, 3.8) is 0 Å². The first-order valence-electron chi connectivity index (χ1n) is 8.79. The topological polar surface area (TPSA) is 83.8 Å². The molecule has 1 aliphatic heterocycles. The van der Waals surface area contributed by atoms with E-state index < -0.39 is 22.8 Å². The molecule has 0 saturated carbocycles. The number of fused-ring (bicyclic) bond motifs is 3. The summed E-state index contributed by atoms with van der Waals surface area (Å²) < 4.78 is 6.12. The van der Waals surface area contributed by atoms with E-state index in [-0.39, 0.29) is 16.9 Å². The smallest absolute Gasteiger partial charge is 0.234 e. The minimum absolute atomic E-state index is 0.0691. The maximum atomic E-state index is 12.5. The van der Waals surface area contributed by atoms with Crippen LogP contribution in [0, 0.1) is 0 Å². The van der Waals surface area contributed by atoms with Crippen LogP contribution < -0.4 is 4.74 Å². The average Bonchev–Trinajstić information content (AvgIpc) is 2.55. The molecule has 1 heterocycles. The maximum Gasteiger partial charge on any atom is 0.234 e. The van der Waals surface area contributed by atoms with Gasteiger partial charge in [0.2, 0.25) is 11.6 Å². The van der Waals surface area contributed by atoms with Crippen LogP contribution in [0.2, 0.25) is 0 Å². The molecule has 0 radical (unpaired) electrons. The van der Waals surface area contributed by atoms with Crippen molar-refractivity contribution in [1.29, 1.82) is 0 Å². The maximum absolute atomic E-state index is 12.5. The average molecular weight is 356 g/mol. The van der Waals surface area contributed by atoms with Crippen molar-refractivity contribution >= 4 is 23.4 Å². The van der Waals surface area contributed by atoms with Gasteiger partial charge in [-0.3, -0.25) is 9.59 Å². The molecule has 138 valence electrons. The fourth-order valence-electron chi connectivity index (χ4n) is 3.44. The number of carbonyl (C=O) groups is 2. The van der Waals surface area contributed by atoms with Crippen LogP contribution in [-0.4, -0.2) is 33.0 Å². The number of aliphatic hydroxyl groups excluding tert-OH is 1. The lowest BCUT2D eigenvalue weighted by Gasteiger charge is -2.33. The molecule has 0 unspecified atom stereocenters. The number of ketones is 2.